The van der Waals surface area contributed by atoms with Gasteiger partial charge in [-0.1, -0.05) is 64.8 Å². The smallest absolute Gasteiger partial charge is 0.307 e. The molecule has 4 N–H and O–H groups in total. The van der Waals surface area contributed by atoms with Crippen LogP contribution in [-0.4, -0.2) is 90.0 Å². The highest BCUT2D eigenvalue weighted by Gasteiger charge is 2.29. The maximum absolute atomic E-state index is 12.2. The van der Waals surface area contributed by atoms with Crippen LogP contribution >= 0.6 is 57.5 Å². The lowest BCUT2D eigenvalue weighted by molar-refractivity contribution is 0.406. The highest BCUT2D eigenvalue weighted by Crippen LogP contribution is 2.49. The second-order valence-corrected chi connectivity index (χ2v) is 22.2. The van der Waals surface area contributed by atoms with Gasteiger partial charge in [0.25, 0.3) is 0 Å². The molecular formula is C42H43N13O8S7. The van der Waals surface area contributed by atoms with Crippen molar-refractivity contribution in [3.8, 4) is 11.5 Å². The quantitative estimate of drug-likeness (QED) is 0.0296. The topological polar surface area (TPSA) is 272 Å². The molecule has 0 spiro atoms. The van der Waals surface area contributed by atoms with Gasteiger partial charge in [-0.15, -0.1) is 20.5 Å². The predicted octanol–water partition coefficient (Wildman–Crippen LogP) is 12.0. The van der Waals surface area contributed by atoms with Crippen LogP contribution < -0.4 is 29.9 Å². The standard InChI is InChI=1S/C42H43N13O8S7/c1-7-54(8-2)24-16-18-26(48-50-34-30-32(62-5)38(69(56,57)58)65-36(30)52-67-34)28(20-24)43-40-45-41(47-42(46-40)64-22-23-14-12-11-13-15-23)44-29-21-25(55(9-3)10-4)17-19-27(29)49-51-35-31-33(63-6)39(70(59,60)61)66-37(31)53-68-35/h11-21H,7-10,22H2,1-6H3,(H,56,57,58)(H,59,60,61)(H2,43,44,45,46,47)/b50-48+,51-49+. The number of nitrogens with zero attached hydrogens (tertiary/aromatic N) is 11. The van der Waals surface area contributed by atoms with Crippen molar-refractivity contribution in [2.45, 2.75) is 47.0 Å². The molecule has 0 fully saturated rings. The van der Waals surface area contributed by atoms with Crippen molar-refractivity contribution >= 4 is 154 Å². The number of azo groups is 2. The Morgan fingerprint density at radius 1 is 0.629 bits per heavy atom. The zero-order valence-corrected chi connectivity index (χ0v) is 43.7. The van der Waals surface area contributed by atoms with E-state index in [0.717, 1.165) is 88.9 Å². The fourth-order valence-electron chi connectivity index (χ4n) is 7.07. The Morgan fingerprint density at radius 2 is 1.07 bits per heavy atom. The van der Waals surface area contributed by atoms with Crippen LogP contribution in [0.3, 0.4) is 0 Å². The number of fused-ring (bicyclic) bond motifs is 2. The summed E-state index contributed by atoms with van der Waals surface area (Å²) >= 11 is 4.94. The number of rotatable bonds is 21. The number of ether oxygens (including phenoxy) is 2. The summed E-state index contributed by atoms with van der Waals surface area (Å²) in [5.74, 6) is 0.717. The van der Waals surface area contributed by atoms with Gasteiger partial charge < -0.3 is 29.9 Å². The SMILES string of the molecule is CCN(CC)c1ccc(/N=N/c2snc3sc(S(=O)(=O)O)c(OC)c23)c(Nc2nc(Nc3cc(N(CC)CC)ccc3/N=N/c3snc4sc(S(=O)(=O)O)c(OC)c34)nc(SCc3ccccc3)n2)c1. The normalized spacial score (nSPS) is 12.2. The van der Waals surface area contributed by atoms with Gasteiger partial charge in [-0.2, -0.15) is 40.5 Å². The van der Waals surface area contributed by atoms with Gasteiger partial charge in [0.1, 0.15) is 21.0 Å². The Morgan fingerprint density at radius 3 is 1.47 bits per heavy atom. The van der Waals surface area contributed by atoms with Crippen LogP contribution in [-0.2, 0) is 26.0 Å². The monoisotopic (exact) mass is 1080 g/mol. The molecule has 70 heavy (non-hydrogen) atoms. The van der Waals surface area contributed by atoms with Crippen LogP contribution in [0.4, 0.5) is 56.0 Å². The Kier molecular flexibility index (Phi) is 15.5. The lowest BCUT2D eigenvalue weighted by Crippen LogP contribution is -2.21. The molecule has 0 bridgehead atoms. The van der Waals surface area contributed by atoms with Gasteiger partial charge in [-0.25, -0.2) is 0 Å². The van der Waals surface area contributed by atoms with Crippen molar-refractivity contribution in [2.75, 3.05) is 60.8 Å². The lowest BCUT2D eigenvalue weighted by atomic mass is 10.2. The number of hydrogen-bond acceptors (Lipinski definition) is 24. The minimum absolute atomic E-state index is 0.0729. The van der Waals surface area contributed by atoms with E-state index in [1.807, 2.05) is 82.3 Å². The van der Waals surface area contributed by atoms with Crippen LogP contribution in [0.15, 0.2) is 101 Å². The van der Waals surface area contributed by atoms with E-state index in [9.17, 15) is 25.9 Å². The third-order valence-electron chi connectivity index (χ3n) is 10.4. The molecule has 28 heteroatoms. The van der Waals surface area contributed by atoms with Gasteiger partial charge in [-0.05, 0) is 92.7 Å². The predicted molar refractivity (Wildman–Crippen MR) is 278 cm³/mol. The Labute approximate surface area is 422 Å². The van der Waals surface area contributed by atoms with Crippen molar-refractivity contribution in [1.82, 2.24) is 23.7 Å². The van der Waals surface area contributed by atoms with Gasteiger partial charge >= 0.3 is 20.2 Å². The summed E-state index contributed by atoms with van der Waals surface area (Å²) in [5, 5.41) is 26.5. The van der Waals surface area contributed by atoms with Crippen LogP contribution in [0.2, 0.25) is 0 Å². The summed E-state index contributed by atoms with van der Waals surface area (Å²) in [6.45, 7) is 11.1. The highest BCUT2D eigenvalue weighted by molar-refractivity contribution is 7.98. The van der Waals surface area contributed by atoms with Crippen molar-refractivity contribution in [1.29, 1.82) is 0 Å². The van der Waals surface area contributed by atoms with Crippen LogP contribution in [0.25, 0.3) is 20.4 Å². The maximum atomic E-state index is 12.2. The van der Waals surface area contributed by atoms with Gasteiger partial charge in [-0.3, -0.25) is 9.11 Å². The minimum atomic E-state index is -4.60. The van der Waals surface area contributed by atoms with Gasteiger partial charge in [0.05, 0.1) is 36.4 Å². The number of aromatic nitrogens is 5. The molecule has 8 rings (SSSR count). The Balaban J connectivity index is 1.21. The van der Waals surface area contributed by atoms with Gasteiger partial charge in [0.2, 0.25) is 11.9 Å². The lowest BCUT2D eigenvalue weighted by Gasteiger charge is -2.22. The van der Waals surface area contributed by atoms with E-state index in [4.69, 9.17) is 24.4 Å². The Bertz CT molecular complexity index is 3260. The van der Waals surface area contributed by atoms with Gasteiger partial charge in [0.15, 0.2) is 35.1 Å². The van der Waals surface area contributed by atoms with Crippen molar-refractivity contribution in [2.24, 2.45) is 20.5 Å². The van der Waals surface area contributed by atoms with Crippen molar-refractivity contribution in [3.63, 3.8) is 0 Å². The third-order valence-corrected chi connectivity index (χ3v) is 17.8. The zero-order chi connectivity index (χ0) is 49.7. The first kappa shape index (κ1) is 50.4. The first-order valence-corrected chi connectivity index (χ1v) is 28.2. The average Bonchev–Trinajstić information content (AvgIpc) is 4.13. The number of anilines is 6. The summed E-state index contributed by atoms with van der Waals surface area (Å²) in [5.41, 5.74) is 4.54. The van der Waals surface area contributed by atoms with E-state index in [1.165, 1.54) is 26.0 Å². The molecule has 0 saturated carbocycles. The average molecular weight is 1080 g/mol. The summed E-state index contributed by atoms with van der Waals surface area (Å²) in [6.07, 6.45) is 0. The Hall–Kier alpha value is -5.98. The number of thioether (sulfide) groups is 1. The molecule has 0 atom stereocenters. The van der Waals surface area contributed by atoms with Gasteiger partial charge in [0, 0.05) is 43.3 Å². The summed E-state index contributed by atoms with van der Waals surface area (Å²) in [6, 6.07) is 21.1. The van der Waals surface area contributed by atoms with E-state index >= 15 is 0 Å². The highest BCUT2D eigenvalue weighted by atomic mass is 32.3. The van der Waals surface area contributed by atoms with Crippen LogP contribution in [0.5, 0.6) is 11.5 Å². The largest absolute Gasteiger partial charge is 0.494 e. The molecular weight excluding hydrogens is 1040 g/mol. The number of nitrogens with one attached hydrogen (secondary N) is 2. The zero-order valence-electron chi connectivity index (χ0n) is 38.0. The van der Waals surface area contributed by atoms with Crippen LogP contribution in [0, 0.1) is 0 Å². The maximum Gasteiger partial charge on any atom is 0.307 e. The molecule has 0 aliphatic carbocycles. The van der Waals surface area contributed by atoms with E-state index in [-0.39, 0.29) is 41.8 Å². The van der Waals surface area contributed by atoms with Crippen LogP contribution in [0.1, 0.15) is 33.3 Å². The molecule has 0 saturated heterocycles. The molecule has 0 aliphatic heterocycles. The molecule has 8 aromatic rings. The minimum Gasteiger partial charge on any atom is -0.494 e. The number of benzene rings is 3. The van der Waals surface area contributed by atoms with E-state index in [2.05, 4.69) is 49.6 Å². The van der Waals surface area contributed by atoms with E-state index in [0.29, 0.717) is 54.1 Å². The van der Waals surface area contributed by atoms with Crippen molar-refractivity contribution < 1.29 is 35.4 Å². The molecule has 0 radical (unpaired) electrons. The molecule has 21 nitrogen and oxygen atoms in total. The second kappa shape index (κ2) is 21.6. The molecule has 0 unspecified atom stereocenters. The number of methoxy groups -OCH3 is 2. The third kappa shape index (κ3) is 11.0. The first-order valence-electron chi connectivity index (χ1n) is 21.1. The molecule has 366 valence electrons. The summed E-state index contributed by atoms with van der Waals surface area (Å²) < 4.78 is 87.1. The summed E-state index contributed by atoms with van der Waals surface area (Å²) in [7, 11) is -6.60. The van der Waals surface area contributed by atoms with Crippen molar-refractivity contribution in [3.05, 3.63) is 72.3 Å². The number of hydrogen-bond donors (Lipinski definition) is 4. The molecule has 0 aliphatic rings. The molecule has 5 heterocycles. The van der Waals surface area contributed by atoms with E-state index < -0.39 is 20.2 Å². The second-order valence-electron chi connectivity index (χ2n) is 14.6. The first-order chi connectivity index (χ1) is 33.6. The fraction of sp³-hybridized carbons (Fsp3) is 0.262. The summed E-state index contributed by atoms with van der Waals surface area (Å²) in [4.78, 5) is 19.5. The molecule has 0 amide bonds. The van der Waals surface area contributed by atoms with E-state index in [1.54, 1.807) is 12.1 Å². The fourth-order valence-corrected chi connectivity index (χ4v) is 13.4. The molecule has 3 aromatic carbocycles. The number of thiophene rings is 2. The molecule has 5 aromatic heterocycles.